The molecule has 0 aliphatic carbocycles. The number of thioether (sulfide) groups is 1. The molecule has 0 spiro atoms. The largest absolute Gasteiger partial charge is 0.290 e. The predicted octanol–water partition coefficient (Wildman–Crippen LogP) is 2.71. The maximum atomic E-state index is 12.2. The monoisotopic (exact) mass is 263 g/mol. The van der Waals surface area contributed by atoms with Crippen LogP contribution in [0, 0.1) is 13.8 Å². The first kappa shape index (κ1) is 13.1. The van der Waals surface area contributed by atoms with E-state index in [2.05, 4.69) is 9.97 Å². The quantitative estimate of drug-likeness (QED) is 0.617. The molecule has 0 saturated carbocycles. The molecule has 5 heteroatoms. The van der Waals surface area contributed by atoms with Crippen LogP contribution in [0.3, 0.4) is 0 Å². The molecule has 2 rings (SSSR count). The van der Waals surface area contributed by atoms with Gasteiger partial charge in [0, 0.05) is 17.0 Å². The molecule has 96 valence electrons. The molecular formula is C13H17N3OS. The van der Waals surface area contributed by atoms with Gasteiger partial charge in [-0.1, -0.05) is 11.8 Å². The molecule has 0 aromatic carbocycles. The standard InChI is InChI=1S/C13H17N3OS/c1-7(2)16-11-10(6-8(3)12(16)17)9(4)14-13(15-11)18-5/h6-7H,1-5H3. The fourth-order valence-electron chi connectivity index (χ4n) is 2.03. The summed E-state index contributed by atoms with van der Waals surface area (Å²) in [6.45, 7) is 7.79. The molecule has 0 aliphatic heterocycles. The van der Waals surface area contributed by atoms with Gasteiger partial charge in [0.1, 0.15) is 5.65 Å². The molecule has 0 fully saturated rings. The molecule has 2 aromatic heterocycles. The highest BCUT2D eigenvalue weighted by atomic mass is 32.2. The third-order valence-electron chi connectivity index (χ3n) is 2.94. The highest BCUT2D eigenvalue weighted by Gasteiger charge is 2.13. The lowest BCUT2D eigenvalue weighted by molar-refractivity contribution is 0.589. The van der Waals surface area contributed by atoms with Gasteiger partial charge in [-0.2, -0.15) is 0 Å². The van der Waals surface area contributed by atoms with Gasteiger partial charge >= 0.3 is 0 Å². The van der Waals surface area contributed by atoms with Gasteiger partial charge in [0.25, 0.3) is 5.56 Å². The molecule has 0 amide bonds. The second-order valence-corrected chi connectivity index (χ2v) is 5.40. The first-order chi connectivity index (χ1) is 8.45. The number of hydrogen-bond acceptors (Lipinski definition) is 4. The van der Waals surface area contributed by atoms with Crippen LogP contribution in [0.4, 0.5) is 0 Å². The number of pyridine rings is 1. The van der Waals surface area contributed by atoms with E-state index in [4.69, 9.17) is 0 Å². The van der Waals surface area contributed by atoms with E-state index in [1.807, 2.05) is 40.0 Å². The number of hydrogen-bond donors (Lipinski definition) is 0. The third-order valence-corrected chi connectivity index (χ3v) is 3.49. The van der Waals surface area contributed by atoms with Crippen molar-refractivity contribution in [2.24, 2.45) is 0 Å². The van der Waals surface area contributed by atoms with Crippen LogP contribution in [0.2, 0.25) is 0 Å². The van der Waals surface area contributed by atoms with Gasteiger partial charge in [-0.25, -0.2) is 9.97 Å². The summed E-state index contributed by atoms with van der Waals surface area (Å²) >= 11 is 1.49. The van der Waals surface area contributed by atoms with Crippen LogP contribution >= 0.6 is 11.8 Å². The summed E-state index contributed by atoms with van der Waals surface area (Å²) in [5, 5.41) is 1.66. The summed E-state index contributed by atoms with van der Waals surface area (Å²) in [5.41, 5.74) is 2.42. The lowest BCUT2D eigenvalue weighted by Crippen LogP contribution is -2.25. The normalized spacial score (nSPS) is 11.4. The van der Waals surface area contributed by atoms with Crippen LogP contribution in [0.15, 0.2) is 16.0 Å². The first-order valence-electron chi connectivity index (χ1n) is 5.90. The van der Waals surface area contributed by atoms with E-state index < -0.39 is 0 Å². The minimum atomic E-state index is 0.0302. The maximum absolute atomic E-state index is 12.2. The molecule has 0 bridgehead atoms. The van der Waals surface area contributed by atoms with Crippen molar-refractivity contribution in [2.75, 3.05) is 6.26 Å². The summed E-state index contributed by atoms with van der Waals surface area (Å²) in [6, 6.07) is 1.97. The van der Waals surface area contributed by atoms with Crippen LogP contribution in [0.5, 0.6) is 0 Å². The van der Waals surface area contributed by atoms with Gasteiger partial charge in [0.2, 0.25) is 0 Å². The fourth-order valence-corrected chi connectivity index (χ4v) is 2.43. The van der Waals surface area contributed by atoms with Crippen molar-refractivity contribution >= 4 is 22.8 Å². The molecule has 4 nitrogen and oxygen atoms in total. The zero-order chi connectivity index (χ0) is 13.4. The SMILES string of the molecule is CSc1nc(C)c2cc(C)c(=O)n(C(C)C)c2n1. The number of rotatable bonds is 2. The number of aromatic nitrogens is 3. The zero-order valence-electron chi connectivity index (χ0n) is 11.3. The molecule has 0 unspecified atom stereocenters. The number of nitrogens with zero attached hydrogens (tertiary/aromatic N) is 3. The van der Waals surface area contributed by atoms with E-state index in [1.165, 1.54) is 11.8 Å². The van der Waals surface area contributed by atoms with Crippen LogP contribution < -0.4 is 5.56 Å². The van der Waals surface area contributed by atoms with Gasteiger partial charge in [-0.3, -0.25) is 9.36 Å². The van der Waals surface area contributed by atoms with Crippen molar-refractivity contribution in [1.29, 1.82) is 0 Å². The molecule has 0 saturated heterocycles. The van der Waals surface area contributed by atoms with Crippen molar-refractivity contribution in [1.82, 2.24) is 14.5 Å². The lowest BCUT2D eigenvalue weighted by Gasteiger charge is -2.15. The third kappa shape index (κ3) is 2.03. The topological polar surface area (TPSA) is 47.8 Å². The number of fused-ring (bicyclic) bond motifs is 1. The average molecular weight is 263 g/mol. The molecule has 0 atom stereocenters. The van der Waals surface area contributed by atoms with Crippen LogP contribution in [0.1, 0.15) is 31.1 Å². The lowest BCUT2D eigenvalue weighted by atomic mass is 10.2. The molecule has 0 aliphatic rings. The second-order valence-electron chi connectivity index (χ2n) is 4.63. The second kappa shape index (κ2) is 4.72. The Morgan fingerprint density at radius 2 is 1.94 bits per heavy atom. The van der Waals surface area contributed by atoms with E-state index in [-0.39, 0.29) is 11.6 Å². The highest BCUT2D eigenvalue weighted by molar-refractivity contribution is 7.98. The average Bonchev–Trinajstić information content (AvgIpc) is 2.31. The van der Waals surface area contributed by atoms with Gasteiger partial charge in [0.15, 0.2) is 5.16 Å². The Morgan fingerprint density at radius 1 is 1.28 bits per heavy atom. The minimum absolute atomic E-state index is 0.0302. The molecule has 2 aromatic rings. The molecule has 0 N–H and O–H groups in total. The number of aryl methyl sites for hydroxylation is 2. The summed E-state index contributed by atoms with van der Waals surface area (Å²) in [7, 11) is 0. The Hall–Kier alpha value is -1.36. The van der Waals surface area contributed by atoms with E-state index in [9.17, 15) is 4.79 Å². The predicted molar refractivity (Wildman–Crippen MR) is 75.4 cm³/mol. The van der Waals surface area contributed by atoms with Crippen molar-refractivity contribution < 1.29 is 0 Å². The Bertz CT molecular complexity index is 661. The summed E-state index contributed by atoms with van der Waals surface area (Å²) in [5.74, 6) is 0. The van der Waals surface area contributed by atoms with Gasteiger partial charge < -0.3 is 0 Å². The molecule has 2 heterocycles. The first-order valence-corrected chi connectivity index (χ1v) is 7.12. The molecule has 18 heavy (non-hydrogen) atoms. The smallest absolute Gasteiger partial charge is 0.255 e. The fraction of sp³-hybridized carbons (Fsp3) is 0.462. The van der Waals surface area contributed by atoms with E-state index in [0.29, 0.717) is 5.16 Å². The van der Waals surface area contributed by atoms with Crippen LogP contribution in [-0.4, -0.2) is 20.8 Å². The van der Waals surface area contributed by atoms with Gasteiger partial charge in [0.05, 0.1) is 5.69 Å². The molecule has 0 radical (unpaired) electrons. The zero-order valence-corrected chi connectivity index (χ0v) is 12.1. The molecular weight excluding hydrogens is 246 g/mol. The summed E-state index contributed by atoms with van der Waals surface area (Å²) < 4.78 is 1.75. The van der Waals surface area contributed by atoms with Crippen LogP contribution in [0.25, 0.3) is 11.0 Å². The van der Waals surface area contributed by atoms with Crippen molar-refractivity contribution in [3.8, 4) is 0 Å². The van der Waals surface area contributed by atoms with Crippen molar-refractivity contribution in [3.63, 3.8) is 0 Å². The Kier molecular flexibility index (Phi) is 3.43. The Balaban J connectivity index is 2.98. The maximum Gasteiger partial charge on any atom is 0.255 e. The highest BCUT2D eigenvalue weighted by Crippen LogP contribution is 2.20. The van der Waals surface area contributed by atoms with E-state index >= 15 is 0 Å². The van der Waals surface area contributed by atoms with Crippen LogP contribution in [-0.2, 0) is 0 Å². The van der Waals surface area contributed by atoms with E-state index in [0.717, 1.165) is 22.3 Å². The minimum Gasteiger partial charge on any atom is -0.290 e. The van der Waals surface area contributed by atoms with E-state index in [1.54, 1.807) is 4.57 Å². The van der Waals surface area contributed by atoms with Gasteiger partial charge in [-0.05, 0) is 40.0 Å². The van der Waals surface area contributed by atoms with Crippen molar-refractivity contribution in [3.05, 3.63) is 27.7 Å². The Labute approximate surface area is 110 Å². The van der Waals surface area contributed by atoms with Gasteiger partial charge in [-0.15, -0.1) is 0 Å². The summed E-state index contributed by atoms with van der Waals surface area (Å²) in [6.07, 6.45) is 1.94. The summed E-state index contributed by atoms with van der Waals surface area (Å²) in [4.78, 5) is 21.2. The Morgan fingerprint density at radius 3 is 2.50 bits per heavy atom. The van der Waals surface area contributed by atoms with Crippen molar-refractivity contribution in [2.45, 2.75) is 38.9 Å².